The highest BCUT2D eigenvalue weighted by atomic mass is 28.4. The molecule has 2 atom stereocenters. The third-order valence-electron chi connectivity index (χ3n) is 6.89. The zero-order chi connectivity index (χ0) is 24.9. The first-order valence-electron chi connectivity index (χ1n) is 11.9. The summed E-state index contributed by atoms with van der Waals surface area (Å²) in [6, 6.07) is 15.9. The Bertz CT molecular complexity index is 972. The first-order chi connectivity index (χ1) is 16.0. The zero-order valence-corrected chi connectivity index (χ0v) is 21.8. The molecule has 2 unspecified atom stereocenters. The van der Waals surface area contributed by atoms with Crippen LogP contribution in [-0.2, 0) is 20.4 Å². The number of amides is 2. The van der Waals surface area contributed by atoms with Gasteiger partial charge in [0.25, 0.3) is 0 Å². The Kier molecular flexibility index (Phi) is 8.31. The number of benzene rings is 2. The standard InChI is InChI=1S/C27H36FNO4Si/c1-27(2,3)34(4,5)33-24(21-14-16-22(28)17-15-21)12-9-13-25(30)29-23(19-32-26(29)31)18-20-10-7-6-8-11-20/h6-8,10-11,14-17,23-24H,9,12-13,18-19H2,1-5H3. The maximum atomic E-state index is 13.5. The second kappa shape index (κ2) is 10.8. The highest BCUT2D eigenvalue weighted by molar-refractivity contribution is 6.74. The average Bonchev–Trinajstić information content (AvgIpc) is 3.13. The van der Waals surface area contributed by atoms with Crippen LogP contribution in [0, 0.1) is 5.82 Å². The van der Waals surface area contributed by atoms with Crippen LogP contribution in [0.15, 0.2) is 54.6 Å². The molecular weight excluding hydrogens is 449 g/mol. The van der Waals surface area contributed by atoms with Gasteiger partial charge in [-0.1, -0.05) is 63.2 Å². The number of hydrogen-bond acceptors (Lipinski definition) is 4. The number of carbonyl (C=O) groups is 2. The van der Waals surface area contributed by atoms with Crippen LogP contribution in [-0.4, -0.2) is 37.9 Å². The minimum absolute atomic E-state index is 0.0189. The summed E-state index contributed by atoms with van der Waals surface area (Å²) in [6.07, 6.45) is 1.15. The molecular formula is C27H36FNO4Si. The number of hydrogen-bond donors (Lipinski definition) is 0. The number of imide groups is 1. The van der Waals surface area contributed by atoms with Gasteiger partial charge < -0.3 is 9.16 Å². The van der Waals surface area contributed by atoms with Gasteiger partial charge in [-0.25, -0.2) is 14.1 Å². The summed E-state index contributed by atoms with van der Waals surface area (Å²) in [5.74, 6) is -0.518. The average molecular weight is 486 g/mol. The van der Waals surface area contributed by atoms with E-state index in [2.05, 4.69) is 33.9 Å². The molecule has 0 bridgehead atoms. The maximum absolute atomic E-state index is 13.5. The molecule has 0 aromatic heterocycles. The molecule has 7 heteroatoms. The largest absolute Gasteiger partial charge is 0.447 e. The molecule has 0 aliphatic carbocycles. The normalized spacial score (nSPS) is 17.5. The van der Waals surface area contributed by atoms with Gasteiger partial charge in [0.05, 0.1) is 12.1 Å². The van der Waals surface area contributed by atoms with Gasteiger partial charge in [0.1, 0.15) is 12.4 Å². The molecule has 184 valence electrons. The van der Waals surface area contributed by atoms with E-state index in [1.807, 2.05) is 30.3 Å². The highest BCUT2D eigenvalue weighted by Gasteiger charge is 2.40. The van der Waals surface area contributed by atoms with Crippen molar-refractivity contribution >= 4 is 20.3 Å². The predicted molar refractivity (Wildman–Crippen MR) is 133 cm³/mol. The third kappa shape index (κ3) is 6.54. The van der Waals surface area contributed by atoms with E-state index in [9.17, 15) is 14.0 Å². The lowest BCUT2D eigenvalue weighted by molar-refractivity contribution is -0.129. The Morgan fingerprint density at radius 3 is 2.41 bits per heavy atom. The van der Waals surface area contributed by atoms with Gasteiger partial charge >= 0.3 is 6.09 Å². The first-order valence-corrected chi connectivity index (χ1v) is 14.8. The van der Waals surface area contributed by atoms with Crippen molar-refractivity contribution < 1.29 is 23.1 Å². The highest BCUT2D eigenvalue weighted by Crippen LogP contribution is 2.41. The summed E-state index contributed by atoms with van der Waals surface area (Å²) in [6.45, 7) is 11.1. The maximum Gasteiger partial charge on any atom is 0.416 e. The van der Waals surface area contributed by atoms with Gasteiger partial charge in [0, 0.05) is 6.42 Å². The van der Waals surface area contributed by atoms with Crippen molar-refractivity contribution in [2.45, 2.75) is 76.7 Å². The molecule has 1 fully saturated rings. The van der Waals surface area contributed by atoms with Crippen LogP contribution >= 0.6 is 0 Å². The van der Waals surface area contributed by atoms with E-state index < -0.39 is 14.4 Å². The van der Waals surface area contributed by atoms with Crippen LogP contribution in [0.3, 0.4) is 0 Å². The molecule has 1 saturated heterocycles. The smallest absolute Gasteiger partial charge is 0.416 e. The molecule has 3 rings (SSSR count). The van der Waals surface area contributed by atoms with Crippen molar-refractivity contribution in [1.29, 1.82) is 0 Å². The molecule has 34 heavy (non-hydrogen) atoms. The van der Waals surface area contributed by atoms with Gasteiger partial charge in [0.2, 0.25) is 5.91 Å². The van der Waals surface area contributed by atoms with Gasteiger partial charge in [-0.05, 0) is 60.7 Å². The number of carbonyl (C=O) groups excluding carboxylic acids is 2. The molecule has 5 nitrogen and oxygen atoms in total. The molecule has 0 saturated carbocycles. The van der Waals surface area contributed by atoms with Crippen molar-refractivity contribution in [3.05, 3.63) is 71.5 Å². The quantitative estimate of drug-likeness (QED) is 0.373. The van der Waals surface area contributed by atoms with Crippen LogP contribution in [0.2, 0.25) is 18.1 Å². The van der Waals surface area contributed by atoms with Gasteiger partial charge in [-0.15, -0.1) is 0 Å². The molecule has 0 radical (unpaired) electrons. The van der Waals surface area contributed by atoms with Crippen molar-refractivity contribution in [3.63, 3.8) is 0 Å². The van der Waals surface area contributed by atoms with E-state index >= 15 is 0 Å². The summed E-state index contributed by atoms with van der Waals surface area (Å²) < 4.78 is 25.4. The van der Waals surface area contributed by atoms with E-state index in [1.165, 1.54) is 17.0 Å². The topological polar surface area (TPSA) is 55.8 Å². The van der Waals surface area contributed by atoms with Crippen molar-refractivity contribution in [2.24, 2.45) is 0 Å². The van der Waals surface area contributed by atoms with E-state index in [-0.39, 0.29) is 41.9 Å². The van der Waals surface area contributed by atoms with Crippen LogP contribution in [0.4, 0.5) is 9.18 Å². The summed E-state index contributed by atoms with van der Waals surface area (Å²) in [5.41, 5.74) is 1.96. The van der Waals surface area contributed by atoms with Gasteiger partial charge in [-0.2, -0.15) is 0 Å². The Hall–Kier alpha value is -2.51. The predicted octanol–water partition coefficient (Wildman–Crippen LogP) is 6.65. The first kappa shape index (κ1) is 26.1. The molecule has 2 aromatic carbocycles. The lowest BCUT2D eigenvalue weighted by Gasteiger charge is -2.39. The zero-order valence-electron chi connectivity index (χ0n) is 20.8. The molecule has 1 heterocycles. The van der Waals surface area contributed by atoms with E-state index in [1.54, 1.807) is 12.1 Å². The SMILES string of the molecule is CC(C)(C)[Si](C)(C)OC(CCCC(=O)N1C(=O)OCC1Cc1ccccc1)c1ccc(F)cc1. The number of rotatable bonds is 9. The van der Waals surface area contributed by atoms with Crippen molar-refractivity contribution in [2.75, 3.05) is 6.61 Å². The molecule has 1 aliphatic heterocycles. The lowest BCUT2D eigenvalue weighted by Crippen LogP contribution is -2.42. The summed E-state index contributed by atoms with van der Waals surface area (Å²) in [4.78, 5) is 26.6. The fraction of sp³-hybridized carbons (Fsp3) is 0.481. The molecule has 2 aromatic rings. The van der Waals surface area contributed by atoms with Crippen LogP contribution in [0.1, 0.15) is 57.3 Å². The summed E-state index contributed by atoms with van der Waals surface area (Å²) in [7, 11) is -2.10. The summed E-state index contributed by atoms with van der Waals surface area (Å²) >= 11 is 0. The van der Waals surface area contributed by atoms with Crippen LogP contribution in [0.5, 0.6) is 0 Å². The minimum Gasteiger partial charge on any atom is -0.447 e. The molecule has 1 aliphatic rings. The number of halogens is 1. The Balaban J connectivity index is 1.65. The number of nitrogens with zero attached hydrogens (tertiary/aromatic N) is 1. The van der Waals surface area contributed by atoms with E-state index in [0.717, 1.165) is 11.1 Å². The molecule has 0 spiro atoms. The Morgan fingerprint density at radius 1 is 1.15 bits per heavy atom. The van der Waals surface area contributed by atoms with Gasteiger partial charge in [-0.3, -0.25) is 4.79 Å². The molecule has 0 N–H and O–H groups in total. The summed E-state index contributed by atoms with van der Waals surface area (Å²) in [5, 5.41) is 0.0189. The fourth-order valence-corrected chi connectivity index (χ4v) is 5.18. The van der Waals surface area contributed by atoms with E-state index in [4.69, 9.17) is 9.16 Å². The Labute approximate surface area is 203 Å². The van der Waals surface area contributed by atoms with E-state index in [0.29, 0.717) is 19.3 Å². The van der Waals surface area contributed by atoms with Gasteiger partial charge in [0.15, 0.2) is 8.32 Å². The minimum atomic E-state index is -2.10. The monoisotopic (exact) mass is 485 g/mol. The fourth-order valence-electron chi connectivity index (χ4n) is 3.87. The second-order valence-electron chi connectivity index (χ2n) is 10.5. The number of cyclic esters (lactones) is 1. The van der Waals surface area contributed by atoms with Crippen LogP contribution in [0.25, 0.3) is 0 Å². The number of ether oxygens (including phenoxy) is 1. The van der Waals surface area contributed by atoms with Crippen LogP contribution < -0.4 is 0 Å². The second-order valence-corrected chi connectivity index (χ2v) is 15.3. The van der Waals surface area contributed by atoms with Crippen molar-refractivity contribution in [1.82, 2.24) is 4.90 Å². The Morgan fingerprint density at radius 2 is 1.79 bits per heavy atom. The lowest BCUT2D eigenvalue weighted by atomic mass is 10.0. The van der Waals surface area contributed by atoms with Crippen molar-refractivity contribution in [3.8, 4) is 0 Å². The third-order valence-corrected chi connectivity index (χ3v) is 11.4. The molecule has 2 amide bonds.